The average molecular weight is 304 g/mol. The SMILES string of the molecule is O=CC(Cc1ccc(-c2ccccc2)cc1)CP(=O)(O)O. The first kappa shape index (κ1) is 15.6. The number of benzene rings is 2. The van der Waals surface area contributed by atoms with Gasteiger partial charge in [0, 0.05) is 5.92 Å². The number of aldehydes is 1. The first-order chi connectivity index (χ1) is 9.98. The molecule has 5 heteroatoms. The first-order valence-electron chi connectivity index (χ1n) is 6.62. The number of hydrogen-bond acceptors (Lipinski definition) is 2. The molecule has 0 aliphatic carbocycles. The Morgan fingerprint density at radius 1 is 0.952 bits per heavy atom. The van der Waals surface area contributed by atoms with E-state index in [-0.39, 0.29) is 0 Å². The highest BCUT2D eigenvalue weighted by atomic mass is 31.2. The lowest BCUT2D eigenvalue weighted by Crippen LogP contribution is -2.11. The van der Waals surface area contributed by atoms with Crippen LogP contribution in [-0.4, -0.2) is 22.2 Å². The fourth-order valence-corrected chi connectivity index (χ4v) is 3.05. The zero-order chi connectivity index (χ0) is 15.3. The molecular formula is C16H17O4P. The van der Waals surface area contributed by atoms with Gasteiger partial charge in [0.2, 0.25) is 0 Å². The quantitative estimate of drug-likeness (QED) is 0.635. The Bertz CT molecular complexity index is 631. The van der Waals surface area contributed by atoms with E-state index in [2.05, 4.69) is 0 Å². The predicted octanol–water partition coefficient (Wildman–Crippen LogP) is 2.89. The maximum absolute atomic E-state index is 11.0. The van der Waals surface area contributed by atoms with Gasteiger partial charge in [-0.15, -0.1) is 0 Å². The van der Waals surface area contributed by atoms with Crippen molar-refractivity contribution in [2.75, 3.05) is 6.16 Å². The molecule has 0 spiro atoms. The van der Waals surface area contributed by atoms with Gasteiger partial charge >= 0.3 is 7.60 Å². The molecule has 0 aromatic heterocycles. The van der Waals surface area contributed by atoms with Crippen molar-refractivity contribution in [1.82, 2.24) is 0 Å². The summed E-state index contributed by atoms with van der Waals surface area (Å²) in [7, 11) is -4.16. The van der Waals surface area contributed by atoms with Crippen LogP contribution in [0.5, 0.6) is 0 Å². The molecular weight excluding hydrogens is 287 g/mol. The Labute approximate surface area is 123 Å². The van der Waals surface area contributed by atoms with Gasteiger partial charge in [-0.2, -0.15) is 0 Å². The molecule has 0 saturated heterocycles. The van der Waals surface area contributed by atoms with Crippen LogP contribution >= 0.6 is 7.60 Å². The fraction of sp³-hybridized carbons (Fsp3) is 0.188. The van der Waals surface area contributed by atoms with Crippen LogP contribution in [0.3, 0.4) is 0 Å². The van der Waals surface area contributed by atoms with Gasteiger partial charge in [0.05, 0.1) is 6.16 Å². The normalized spacial score (nSPS) is 12.9. The molecule has 2 rings (SSSR count). The minimum Gasteiger partial charge on any atom is -0.324 e. The van der Waals surface area contributed by atoms with Gasteiger partial charge in [0.15, 0.2) is 0 Å². The Morgan fingerprint density at radius 3 is 2.05 bits per heavy atom. The molecule has 2 aromatic carbocycles. The van der Waals surface area contributed by atoms with Crippen LogP contribution in [0.2, 0.25) is 0 Å². The fourth-order valence-electron chi connectivity index (χ4n) is 2.23. The van der Waals surface area contributed by atoms with E-state index in [0.29, 0.717) is 12.7 Å². The van der Waals surface area contributed by atoms with E-state index in [1.54, 1.807) is 0 Å². The molecule has 0 heterocycles. The maximum Gasteiger partial charge on any atom is 0.326 e. The second-order valence-electron chi connectivity index (χ2n) is 5.01. The molecule has 0 radical (unpaired) electrons. The van der Waals surface area contributed by atoms with Gasteiger partial charge in [0.1, 0.15) is 6.29 Å². The van der Waals surface area contributed by atoms with E-state index in [0.717, 1.165) is 16.7 Å². The van der Waals surface area contributed by atoms with Crippen LogP contribution in [0.1, 0.15) is 5.56 Å². The van der Waals surface area contributed by atoms with Gasteiger partial charge in [-0.3, -0.25) is 4.57 Å². The van der Waals surface area contributed by atoms with Crippen molar-refractivity contribution in [1.29, 1.82) is 0 Å². The Morgan fingerprint density at radius 2 is 1.52 bits per heavy atom. The Hall–Kier alpha value is -1.74. The topological polar surface area (TPSA) is 74.6 Å². The van der Waals surface area contributed by atoms with Crippen molar-refractivity contribution in [3.05, 3.63) is 60.2 Å². The molecule has 0 aliphatic rings. The maximum atomic E-state index is 11.0. The van der Waals surface area contributed by atoms with Crippen molar-refractivity contribution >= 4 is 13.9 Å². The van der Waals surface area contributed by atoms with Gasteiger partial charge in [-0.1, -0.05) is 54.6 Å². The molecule has 110 valence electrons. The molecule has 4 nitrogen and oxygen atoms in total. The van der Waals surface area contributed by atoms with E-state index in [9.17, 15) is 9.36 Å². The smallest absolute Gasteiger partial charge is 0.324 e. The zero-order valence-electron chi connectivity index (χ0n) is 11.4. The largest absolute Gasteiger partial charge is 0.326 e. The van der Waals surface area contributed by atoms with Crippen LogP contribution in [-0.2, 0) is 15.8 Å². The van der Waals surface area contributed by atoms with E-state index < -0.39 is 19.7 Å². The predicted molar refractivity (Wildman–Crippen MR) is 82.0 cm³/mol. The van der Waals surface area contributed by atoms with Crippen LogP contribution in [0.15, 0.2) is 54.6 Å². The minimum absolute atomic E-state index is 0.337. The summed E-state index contributed by atoms with van der Waals surface area (Å²) >= 11 is 0. The minimum atomic E-state index is -4.16. The summed E-state index contributed by atoms with van der Waals surface area (Å²) in [5, 5.41) is 0. The zero-order valence-corrected chi connectivity index (χ0v) is 12.3. The van der Waals surface area contributed by atoms with E-state index in [1.807, 2.05) is 54.6 Å². The van der Waals surface area contributed by atoms with Crippen molar-refractivity contribution in [3.63, 3.8) is 0 Å². The summed E-state index contributed by atoms with van der Waals surface area (Å²) in [6, 6.07) is 17.6. The molecule has 0 amide bonds. The monoisotopic (exact) mass is 304 g/mol. The third-order valence-electron chi connectivity index (χ3n) is 3.22. The van der Waals surface area contributed by atoms with Crippen LogP contribution in [0.4, 0.5) is 0 Å². The lowest BCUT2D eigenvalue weighted by atomic mass is 9.99. The van der Waals surface area contributed by atoms with E-state index >= 15 is 0 Å². The summed E-state index contributed by atoms with van der Waals surface area (Å²) in [6.45, 7) is 0. The molecule has 2 aromatic rings. The Kier molecular flexibility index (Phi) is 5.07. The molecule has 0 fully saturated rings. The summed E-state index contributed by atoms with van der Waals surface area (Å²) in [5.41, 5.74) is 3.06. The van der Waals surface area contributed by atoms with Crippen molar-refractivity contribution < 1.29 is 19.1 Å². The van der Waals surface area contributed by atoms with Gasteiger partial charge in [0.25, 0.3) is 0 Å². The van der Waals surface area contributed by atoms with E-state index in [4.69, 9.17) is 9.79 Å². The number of carbonyl (C=O) groups is 1. The summed E-state index contributed by atoms with van der Waals surface area (Å²) in [6.07, 6.45) is 0.546. The molecule has 1 atom stereocenters. The van der Waals surface area contributed by atoms with Crippen LogP contribution in [0, 0.1) is 5.92 Å². The lowest BCUT2D eigenvalue weighted by molar-refractivity contribution is -0.110. The highest BCUT2D eigenvalue weighted by molar-refractivity contribution is 7.51. The molecule has 2 N–H and O–H groups in total. The van der Waals surface area contributed by atoms with Gasteiger partial charge in [-0.25, -0.2) is 0 Å². The summed E-state index contributed by atoms with van der Waals surface area (Å²) in [4.78, 5) is 28.8. The van der Waals surface area contributed by atoms with E-state index in [1.165, 1.54) is 0 Å². The third kappa shape index (κ3) is 4.94. The third-order valence-corrected chi connectivity index (χ3v) is 4.17. The molecule has 0 bridgehead atoms. The second-order valence-corrected chi connectivity index (χ2v) is 6.71. The second kappa shape index (κ2) is 6.81. The van der Waals surface area contributed by atoms with Gasteiger partial charge < -0.3 is 14.6 Å². The molecule has 1 unspecified atom stereocenters. The number of hydrogen-bond donors (Lipinski definition) is 2. The number of carbonyl (C=O) groups excluding carboxylic acids is 1. The van der Waals surface area contributed by atoms with Gasteiger partial charge in [-0.05, 0) is 23.1 Å². The van der Waals surface area contributed by atoms with Crippen molar-refractivity contribution in [3.8, 4) is 11.1 Å². The summed E-state index contributed by atoms with van der Waals surface area (Å²) < 4.78 is 11.0. The molecule has 0 saturated carbocycles. The highest BCUT2D eigenvalue weighted by Gasteiger charge is 2.21. The molecule has 21 heavy (non-hydrogen) atoms. The average Bonchev–Trinajstić information content (AvgIpc) is 2.47. The lowest BCUT2D eigenvalue weighted by Gasteiger charge is -2.12. The molecule has 0 aliphatic heterocycles. The van der Waals surface area contributed by atoms with Crippen LogP contribution in [0.25, 0.3) is 11.1 Å². The van der Waals surface area contributed by atoms with Crippen LogP contribution < -0.4 is 0 Å². The first-order valence-corrected chi connectivity index (χ1v) is 8.42. The highest BCUT2D eigenvalue weighted by Crippen LogP contribution is 2.37. The standard InChI is InChI=1S/C16H17O4P/c17-11-14(12-21(18,19)20)10-13-6-8-16(9-7-13)15-4-2-1-3-5-15/h1-9,11,14H,10,12H2,(H2,18,19,20). The van der Waals surface area contributed by atoms with Crippen molar-refractivity contribution in [2.45, 2.75) is 6.42 Å². The van der Waals surface area contributed by atoms with Crippen molar-refractivity contribution in [2.24, 2.45) is 5.92 Å². The summed E-state index contributed by atoms with van der Waals surface area (Å²) in [5.74, 6) is -0.659. The Balaban J connectivity index is 2.09. The number of rotatable bonds is 6.